The van der Waals surface area contributed by atoms with E-state index in [2.05, 4.69) is 0 Å². The third kappa shape index (κ3) is 9.67. The predicted octanol–water partition coefficient (Wildman–Crippen LogP) is 8.50. The van der Waals surface area contributed by atoms with Gasteiger partial charge in [0.25, 0.3) is 0 Å². The van der Waals surface area contributed by atoms with Gasteiger partial charge in [0.15, 0.2) is 0 Å². The van der Waals surface area contributed by atoms with Gasteiger partial charge in [-0.05, 0) is 63.1 Å². The highest BCUT2D eigenvalue weighted by Crippen LogP contribution is 2.33. The van der Waals surface area contributed by atoms with Crippen molar-refractivity contribution in [2.75, 3.05) is 0 Å². The van der Waals surface area contributed by atoms with Crippen molar-refractivity contribution in [1.82, 2.24) is 0 Å². The molecule has 0 amide bonds. The molecule has 0 radical (unpaired) electrons. The third-order valence-electron chi connectivity index (χ3n) is 8.69. The first kappa shape index (κ1) is 32.3. The van der Waals surface area contributed by atoms with Crippen LogP contribution in [0.5, 0.6) is 0 Å². The van der Waals surface area contributed by atoms with Crippen LogP contribution < -0.4 is 0 Å². The highest BCUT2D eigenvalue weighted by Gasteiger charge is 2.36. The zero-order chi connectivity index (χ0) is 29.6. The topological polar surface area (TPSA) is 63.6 Å². The molecular weight excluding hydrogens is 508 g/mol. The van der Waals surface area contributed by atoms with Crippen molar-refractivity contribution >= 4 is 11.8 Å². The Kier molecular flexibility index (Phi) is 12.8. The maximum atomic E-state index is 13.3. The molecule has 3 unspecified atom stereocenters. The van der Waals surface area contributed by atoms with E-state index in [1.807, 2.05) is 105 Å². The Morgan fingerprint density at radius 1 is 0.659 bits per heavy atom. The van der Waals surface area contributed by atoms with E-state index in [-0.39, 0.29) is 24.5 Å². The van der Waals surface area contributed by atoms with Crippen LogP contribution in [0.4, 0.5) is 0 Å². The lowest BCUT2D eigenvalue weighted by molar-refractivity contribution is -0.151. The van der Waals surface area contributed by atoms with Crippen LogP contribution in [0.25, 0.3) is 0 Å². The van der Waals surface area contributed by atoms with Gasteiger partial charge in [0, 0.05) is 0 Å². The molecule has 0 aromatic heterocycles. The van der Waals surface area contributed by atoms with Gasteiger partial charge in [-0.2, -0.15) is 0 Å². The number of carbonyl (C=O) groups is 2. The molecule has 0 aliphatic rings. The molecule has 3 aromatic rings. The molecule has 0 saturated carbocycles. The number of ether oxygens (including phenoxy) is 1. The van der Waals surface area contributed by atoms with Crippen LogP contribution in [0, 0.1) is 0 Å². The minimum atomic E-state index is -0.706. The number of hydrogen-bond donors (Lipinski definition) is 1. The van der Waals surface area contributed by atoms with E-state index in [1.165, 1.54) is 0 Å². The monoisotopic (exact) mass is 556 g/mol. The number of hydrogen-bond acceptors (Lipinski definition) is 4. The molecule has 0 bridgehead atoms. The first-order valence-corrected chi connectivity index (χ1v) is 15.3. The zero-order valence-electron chi connectivity index (χ0n) is 25.2. The number of aliphatic hydroxyl groups excluding tert-OH is 1. The molecule has 0 fully saturated rings. The Bertz CT molecular complexity index is 1180. The summed E-state index contributed by atoms with van der Waals surface area (Å²) in [6.07, 6.45) is 8.51. The fourth-order valence-corrected chi connectivity index (χ4v) is 5.60. The molecule has 4 heteroatoms. The highest BCUT2D eigenvalue weighted by atomic mass is 16.5. The fraction of sp³-hybridized carbons (Fsp3) is 0.459. The first-order chi connectivity index (χ1) is 19.8. The zero-order valence-corrected chi connectivity index (χ0v) is 25.2. The molecule has 3 aromatic carbocycles. The normalized spacial score (nSPS) is 14.9. The number of aliphatic hydroxyl groups is 1. The minimum absolute atomic E-state index is 0.194. The number of carbonyl (C=O) groups excluding carboxylic acids is 2. The fourth-order valence-electron chi connectivity index (χ4n) is 5.60. The van der Waals surface area contributed by atoms with Gasteiger partial charge < -0.3 is 9.84 Å². The molecule has 220 valence electrons. The van der Waals surface area contributed by atoms with Crippen LogP contribution in [0.15, 0.2) is 91.0 Å². The summed E-state index contributed by atoms with van der Waals surface area (Å²) in [5.41, 5.74) is 1.89. The second-order valence-electron chi connectivity index (χ2n) is 11.9. The maximum absolute atomic E-state index is 13.3. The van der Waals surface area contributed by atoms with Gasteiger partial charge in [0.1, 0.15) is 12.4 Å². The maximum Gasteiger partial charge on any atom is 0.316 e. The Labute approximate surface area is 247 Å². The number of benzene rings is 3. The average Bonchev–Trinajstić information content (AvgIpc) is 3.00. The van der Waals surface area contributed by atoms with Gasteiger partial charge in [-0.3, -0.25) is 9.59 Å². The summed E-state index contributed by atoms with van der Waals surface area (Å²) in [5.74, 6) is 0.0114. The summed E-state index contributed by atoms with van der Waals surface area (Å²) >= 11 is 0. The van der Waals surface area contributed by atoms with Crippen molar-refractivity contribution in [2.24, 2.45) is 0 Å². The first-order valence-electron chi connectivity index (χ1n) is 15.3. The minimum Gasteiger partial charge on any atom is -0.460 e. The van der Waals surface area contributed by atoms with Crippen LogP contribution in [0.1, 0.15) is 102 Å². The summed E-state index contributed by atoms with van der Waals surface area (Å²) in [7, 11) is 0. The molecule has 0 saturated heterocycles. The molecule has 0 spiro atoms. The number of unbranched alkanes of at least 4 members (excludes halogenated alkanes) is 4. The largest absolute Gasteiger partial charge is 0.460 e. The van der Waals surface area contributed by atoms with Gasteiger partial charge >= 0.3 is 5.97 Å². The lowest BCUT2D eigenvalue weighted by Crippen LogP contribution is -2.34. The predicted molar refractivity (Wildman–Crippen MR) is 167 cm³/mol. The standard InChI is InChI=1S/C37H48O4/c1-30(38)36(2,32-21-11-5-12-22-32)27-17-7-15-25-34(39)26-16-8-18-28-37(3,33-23-13-6-14-24-33)35(40)41-29-31-19-9-4-10-20-31/h4-6,9-14,19-24,34,39H,7-8,15-18,25-29H2,1-3H3. The van der Waals surface area contributed by atoms with Crippen LogP contribution in [0.2, 0.25) is 0 Å². The van der Waals surface area contributed by atoms with E-state index in [1.54, 1.807) is 6.92 Å². The second kappa shape index (κ2) is 16.3. The number of rotatable bonds is 18. The Morgan fingerprint density at radius 2 is 1.10 bits per heavy atom. The Morgan fingerprint density at radius 3 is 1.59 bits per heavy atom. The summed E-state index contributed by atoms with van der Waals surface area (Å²) in [4.78, 5) is 25.7. The van der Waals surface area contributed by atoms with Crippen LogP contribution >= 0.6 is 0 Å². The van der Waals surface area contributed by atoms with Crippen LogP contribution in [0.3, 0.4) is 0 Å². The van der Waals surface area contributed by atoms with Gasteiger partial charge in [-0.1, -0.05) is 130 Å². The summed E-state index contributed by atoms with van der Waals surface area (Å²) in [6, 6.07) is 29.7. The summed E-state index contributed by atoms with van der Waals surface area (Å²) in [6.45, 7) is 5.99. The van der Waals surface area contributed by atoms with E-state index in [4.69, 9.17) is 4.74 Å². The molecule has 0 heterocycles. The average molecular weight is 557 g/mol. The highest BCUT2D eigenvalue weighted by molar-refractivity contribution is 5.87. The molecule has 4 nitrogen and oxygen atoms in total. The SMILES string of the molecule is CC(=O)C(C)(CCCCCC(O)CCCCCC(C)(C(=O)OCc1ccccc1)c1ccccc1)c1ccccc1. The molecular formula is C37H48O4. The van der Waals surface area contributed by atoms with E-state index in [0.717, 1.165) is 74.5 Å². The van der Waals surface area contributed by atoms with Crippen LogP contribution in [-0.2, 0) is 31.8 Å². The van der Waals surface area contributed by atoms with Crippen molar-refractivity contribution in [3.63, 3.8) is 0 Å². The molecule has 41 heavy (non-hydrogen) atoms. The van der Waals surface area contributed by atoms with Crippen molar-refractivity contribution < 1.29 is 19.4 Å². The molecule has 3 atom stereocenters. The van der Waals surface area contributed by atoms with Crippen molar-refractivity contribution in [3.8, 4) is 0 Å². The number of Topliss-reactive ketones (excluding diaryl/α,β-unsaturated/α-hetero) is 1. The Hall–Kier alpha value is -3.24. The van der Waals surface area contributed by atoms with Crippen molar-refractivity contribution in [2.45, 2.75) is 109 Å². The van der Waals surface area contributed by atoms with Gasteiger partial charge in [-0.15, -0.1) is 0 Å². The van der Waals surface area contributed by atoms with E-state index < -0.39 is 10.8 Å². The van der Waals surface area contributed by atoms with E-state index in [9.17, 15) is 14.7 Å². The van der Waals surface area contributed by atoms with Gasteiger partial charge in [-0.25, -0.2) is 0 Å². The number of esters is 1. The molecule has 3 rings (SSSR count). The molecule has 0 aliphatic heterocycles. The van der Waals surface area contributed by atoms with E-state index in [0.29, 0.717) is 6.42 Å². The third-order valence-corrected chi connectivity index (χ3v) is 8.69. The smallest absolute Gasteiger partial charge is 0.316 e. The second-order valence-corrected chi connectivity index (χ2v) is 11.9. The lowest BCUT2D eigenvalue weighted by Gasteiger charge is -2.28. The summed E-state index contributed by atoms with van der Waals surface area (Å²) in [5, 5.41) is 10.6. The lowest BCUT2D eigenvalue weighted by atomic mass is 9.75. The molecule has 1 N–H and O–H groups in total. The van der Waals surface area contributed by atoms with Crippen molar-refractivity contribution in [1.29, 1.82) is 0 Å². The van der Waals surface area contributed by atoms with Gasteiger partial charge in [0.2, 0.25) is 0 Å². The van der Waals surface area contributed by atoms with Crippen LogP contribution in [-0.4, -0.2) is 23.0 Å². The summed E-state index contributed by atoms with van der Waals surface area (Å²) < 4.78 is 5.77. The Balaban J connectivity index is 1.38. The quantitative estimate of drug-likeness (QED) is 0.126. The van der Waals surface area contributed by atoms with Crippen molar-refractivity contribution in [3.05, 3.63) is 108 Å². The van der Waals surface area contributed by atoms with E-state index >= 15 is 0 Å². The van der Waals surface area contributed by atoms with Gasteiger partial charge in [0.05, 0.1) is 16.9 Å². The number of ketones is 1. The molecule has 0 aliphatic carbocycles.